The van der Waals surface area contributed by atoms with Crippen molar-refractivity contribution in [3.8, 4) is 10.4 Å². The first-order valence-corrected chi connectivity index (χ1v) is 8.49. The van der Waals surface area contributed by atoms with Crippen LogP contribution in [-0.4, -0.2) is 35.1 Å². The van der Waals surface area contributed by atoms with E-state index in [2.05, 4.69) is 20.0 Å². The Morgan fingerprint density at radius 1 is 1.36 bits per heavy atom. The maximum atomic E-state index is 11.7. The van der Waals surface area contributed by atoms with Crippen LogP contribution in [0, 0.1) is 6.42 Å². The summed E-state index contributed by atoms with van der Waals surface area (Å²) in [6, 6.07) is 7.95. The molecular formula is C17H17N4O3S. The summed E-state index contributed by atoms with van der Waals surface area (Å²) >= 11 is 1.61. The smallest absolute Gasteiger partial charge is 0.404 e. The maximum Gasteiger partial charge on any atom is 0.404 e. The summed E-state index contributed by atoms with van der Waals surface area (Å²) in [5.41, 5.74) is 6.79. The van der Waals surface area contributed by atoms with Gasteiger partial charge in [-0.1, -0.05) is 0 Å². The van der Waals surface area contributed by atoms with Crippen LogP contribution < -0.4 is 11.1 Å². The second kappa shape index (κ2) is 7.80. The Kier molecular flexibility index (Phi) is 5.30. The summed E-state index contributed by atoms with van der Waals surface area (Å²) in [5, 5.41) is 3.73. The van der Waals surface area contributed by atoms with Crippen molar-refractivity contribution in [2.24, 2.45) is 5.73 Å². The number of fused-ring (bicyclic) bond motifs is 1. The molecule has 0 aliphatic heterocycles. The summed E-state index contributed by atoms with van der Waals surface area (Å²) in [6.07, 6.45) is 4.97. The molecule has 3 rings (SSSR count). The van der Waals surface area contributed by atoms with Crippen LogP contribution in [0.15, 0.2) is 36.7 Å². The van der Waals surface area contributed by atoms with E-state index in [1.807, 2.05) is 36.9 Å². The zero-order valence-corrected chi connectivity index (χ0v) is 14.1. The Labute approximate surface area is 148 Å². The van der Waals surface area contributed by atoms with E-state index >= 15 is 0 Å². The lowest BCUT2D eigenvalue weighted by Gasteiger charge is -2.04. The molecule has 0 spiro atoms. The number of nitrogens with two attached hydrogens (primary N) is 1. The maximum absolute atomic E-state index is 11.7. The van der Waals surface area contributed by atoms with Crippen LogP contribution in [0.3, 0.4) is 0 Å². The molecule has 2 amide bonds. The average Bonchev–Trinajstić information content (AvgIpc) is 3.23. The number of primary amides is 1. The number of nitrogens with one attached hydrogen (secondary N) is 2. The van der Waals surface area contributed by atoms with Crippen LogP contribution in [0.5, 0.6) is 0 Å². The SMILES string of the molecule is NC(=O)OCCNC(=O)C[CH]c1ccc(-c2c[nH]c3ncccc23)s1. The van der Waals surface area contributed by atoms with Gasteiger partial charge in [-0.15, -0.1) is 11.3 Å². The third-order valence-electron chi connectivity index (χ3n) is 3.50. The van der Waals surface area contributed by atoms with Gasteiger partial charge in [-0.2, -0.15) is 0 Å². The Morgan fingerprint density at radius 2 is 2.24 bits per heavy atom. The van der Waals surface area contributed by atoms with Crippen molar-refractivity contribution in [3.05, 3.63) is 48.0 Å². The minimum absolute atomic E-state index is 0.0683. The minimum atomic E-state index is -0.848. The van der Waals surface area contributed by atoms with E-state index in [1.165, 1.54) is 0 Å². The highest BCUT2D eigenvalue weighted by atomic mass is 32.1. The zero-order valence-electron chi connectivity index (χ0n) is 13.3. The fraction of sp³-hybridized carbons (Fsp3) is 0.176. The average molecular weight is 357 g/mol. The lowest BCUT2D eigenvalue weighted by molar-refractivity contribution is -0.120. The van der Waals surface area contributed by atoms with E-state index in [0.717, 1.165) is 26.4 Å². The molecule has 3 aromatic heterocycles. The molecule has 7 nitrogen and oxygen atoms in total. The van der Waals surface area contributed by atoms with Crippen molar-refractivity contribution in [2.75, 3.05) is 13.2 Å². The number of amides is 2. The highest BCUT2D eigenvalue weighted by Crippen LogP contribution is 2.33. The third-order valence-corrected chi connectivity index (χ3v) is 4.61. The van der Waals surface area contributed by atoms with Gasteiger partial charge in [0.15, 0.2) is 0 Å². The van der Waals surface area contributed by atoms with Crippen molar-refractivity contribution < 1.29 is 14.3 Å². The van der Waals surface area contributed by atoms with Gasteiger partial charge >= 0.3 is 6.09 Å². The van der Waals surface area contributed by atoms with Crippen LogP contribution in [0.4, 0.5) is 4.79 Å². The topological polar surface area (TPSA) is 110 Å². The predicted octanol–water partition coefficient (Wildman–Crippen LogP) is 2.45. The number of rotatable bonds is 7. The van der Waals surface area contributed by atoms with Gasteiger partial charge < -0.3 is 20.8 Å². The summed E-state index contributed by atoms with van der Waals surface area (Å²) in [5.74, 6) is -0.140. The van der Waals surface area contributed by atoms with Crippen LogP contribution in [-0.2, 0) is 9.53 Å². The molecule has 0 atom stereocenters. The first kappa shape index (κ1) is 17.0. The van der Waals surface area contributed by atoms with E-state index in [0.29, 0.717) is 0 Å². The van der Waals surface area contributed by atoms with Gasteiger partial charge in [-0.05, 0) is 24.3 Å². The molecule has 0 unspecified atom stereocenters. The lowest BCUT2D eigenvalue weighted by atomic mass is 10.2. The number of aromatic amines is 1. The van der Waals surface area contributed by atoms with Crippen molar-refractivity contribution in [3.63, 3.8) is 0 Å². The summed E-state index contributed by atoms with van der Waals surface area (Å²) in [7, 11) is 0. The Bertz CT molecular complexity index is 887. The number of H-pyrrole nitrogens is 1. The molecule has 129 valence electrons. The van der Waals surface area contributed by atoms with E-state index in [1.54, 1.807) is 17.5 Å². The summed E-state index contributed by atoms with van der Waals surface area (Å²) in [6.45, 7) is 0.312. The molecule has 0 aromatic carbocycles. The summed E-state index contributed by atoms with van der Waals surface area (Å²) < 4.78 is 4.54. The van der Waals surface area contributed by atoms with Gasteiger partial charge in [-0.3, -0.25) is 4.79 Å². The first-order chi connectivity index (χ1) is 12.1. The van der Waals surface area contributed by atoms with Crippen LogP contribution in [0.25, 0.3) is 21.5 Å². The third kappa shape index (κ3) is 4.36. The van der Waals surface area contributed by atoms with Gasteiger partial charge in [0.2, 0.25) is 5.91 Å². The fourth-order valence-corrected chi connectivity index (χ4v) is 3.35. The number of aromatic nitrogens is 2. The number of nitrogens with zero attached hydrogens (tertiary/aromatic N) is 1. The zero-order chi connectivity index (χ0) is 17.6. The van der Waals surface area contributed by atoms with E-state index in [-0.39, 0.29) is 25.5 Å². The molecule has 25 heavy (non-hydrogen) atoms. The number of hydrogen-bond donors (Lipinski definition) is 3. The summed E-state index contributed by atoms with van der Waals surface area (Å²) in [4.78, 5) is 31.7. The molecule has 0 saturated carbocycles. The van der Waals surface area contributed by atoms with Gasteiger partial charge in [0.25, 0.3) is 0 Å². The molecular weight excluding hydrogens is 340 g/mol. The Hall–Kier alpha value is -2.87. The molecule has 0 aliphatic carbocycles. The molecule has 0 aliphatic rings. The number of hydrogen-bond acceptors (Lipinski definition) is 5. The molecule has 8 heteroatoms. The fourth-order valence-electron chi connectivity index (χ4n) is 2.37. The van der Waals surface area contributed by atoms with E-state index in [4.69, 9.17) is 5.73 Å². The van der Waals surface area contributed by atoms with Gasteiger partial charge in [0, 0.05) is 45.9 Å². The largest absolute Gasteiger partial charge is 0.448 e. The number of thiophene rings is 1. The highest BCUT2D eigenvalue weighted by molar-refractivity contribution is 7.15. The van der Waals surface area contributed by atoms with Gasteiger partial charge in [-0.25, -0.2) is 9.78 Å². The van der Waals surface area contributed by atoms with Crippen LogP contribution in [0.2, 0.25) is 0 Å². The highest BCUT2D eigenvalue weighted by Gasteiger charge is 2.10. The molecule has 0 fully saturated rings. The Morgan fingerprint density at radius 3 is 3.08 bits per heavy atom. The molecule has 4 N–H and O–H groups in total. The standard InChI is InChI=1S/C17H17N4O3S/c18-17(23)24-9-8-19-15(22)6-4-11-3-5-14(25-11)13-10-21-16-12(13)2-1-7-20-16/h1-5,7,10H,6,8-9H2,(H2,18,23)(H,19,22)(H,20,21). The number of carbonyl (C=O) groups excluding carboxylic acids is 2. The van der Waals surface area contributed by atoms with Crippen LogP contribution in [0.1, 0.15) is 11.3 Å². The number of carbonyl (C=O) groups is 2. The predicted molar refractivity (Wildman–Crippen MR) is 96.0 cm³/mol. The lowest BCUT2D eigenvalue weighted by Crippen LogP contribution is -2.28. The monoisotopic (exact) mass is 357 g/mol. The second-order valence-electron chi connectivity index (χ2n) is 5.23. The normalized spacial score (nSPS) is 10.7. The molecule has 3 heterocycles. The van der Waals surface area contributed by atoms with E-state index < -0.39 is 6.09 Å². The van der Waals surface area contributed by atoms with Crippen molar-refractivity contribution in [1.82, 2.24) is 15.3 Å². The first-order valence-electron chi connectivity index (χ1n) is 7.68. The quantitative estimate of drug-likeness (QED) is 0.564. The number of ether oxygens (including phenoxy) is 1. The van der Waals surface area contributed by atoms with Gasteiger partial charge in [0.05, 0.1) is 6.54 Å². The van der Waals surface area contributed by atoms with Gasteiger partial charge in [0.1, 0.15) is 12.3 Å². The molecule has 0 bridgehead atoms. The second-order valence-corrected chi connectivity index (χ2v) is 6.34. The minimum Gasteiger partial charge on any atom is -0.448 e. The van der Waals surface area contributed by atoms with Crippen molar-refractivity contribution >= 4 is 34.4 Å². The molecule has 0 saturated heterocycles. The van der Waals surface area contributed by atoms with Crippen molar-refractivity contribution in [2.45, 2.75) is 6.42 Å². The molecule has 1 radical (unpaired) electrons. The Balaban J connectivity index is 1.54. The molecule has 3 aromatic rings. The van der Waals surface area contributed by atoms with E-state index in [9.17, 15) is 9.59 Å². The number of pyridine rings is 1. The van der Waals surface area contributed by atoms with Crippen LogP contribution >= 0.6 is 11.3 Å². The van der Waals surface area contributed by atoms with Crippen molar-refractivity contribution in [1.29, 1.82) is 0 Å².